The van der Waals surface area contributed by atoms with Gasteiger partial charge in [-0.25, -0.2) is 9.59 Å². The Morgan fingerprint density at radius 1 is 1.11 bits per heavy atom. The van der Waals surface area contributed by atoms with Crippen molar-refractivity contribution in [3.63, 3.8) is 0 Å². The Hall–Kier alpha value is -3.12. The fourth-order valence-corrected chi connectivity index (χ4v) is 2.75. The van der Waals surface area contributed by atoms with Crippen molar-refractivity contribution < 1.29 is 18.7 Å². The van der Waals surface area contributed by atoms with Crippen LogP contribution in [0.5, 0.6) is 0 Å². The molecule has 0 saturated carbocycles. The first kappa shape index (κ1) is 18.7. The number of hydrogen-bond donors (Lipinski definition) is 0. The maximum Gasteiger partial charge on any atom is 0.375 e. The SMILES string of the molecule is CC(OC(=O)c1cc2ccc(Cl)cc2c(=O)o1)C(=O)N(C)c1ccccc1. The fourth-order valence-electron chi connectivity index (χ4n) is 2.58. The maximum atomic E-state index is 12.5. The summed E-state index contributed by atoms with van der Waals surface area (Å²) in [6.45, 7) is 1.46. The Morgan fingerprint density at radius 3 is 2.52 bits per heavy atom. The maximum absolute atomic E-state index is 12.5. The molecule has 1 amide bonds. The summed E-state index contributed by atoms with van der Waals surface area (Å²) >= 11 is 5.86. The Labute approximate surface area is 159 Å². The van der Waals surface area contributed by atoms with Gasteiger partial charge in [-0.15, -0.1) is 0 Å². The van der Waals surface area contributed by atoms with Crippen LogP contribution in [0.15, 0.2) is 63.8 Å². The Kier molecular flexibility index (Phi) is 5.28. The van der Waals surface area contributed by atoms with Gasteiger partial charge < -0.3 is 14.1 Å². The number of nitrogens with zero attached hydrogens (tertiary/aromatic N) is 1. The number of anilines is 1. The summed E-state index contributed by atoms with van der Waals surface area (Å²) in [5.74, 6) is -1.59. The van der Waals surface area contributed by atoms with Crippen molar-refractivity contribution in [3.8, 4) is 0 Å². The first-order valence-electron chi connectivity index (χ1n) is 8.14. The van der Waals surface area contributed by atoms with E-state index < -0.39 is 23.6 Å². The first-order valence-corrected chi connectivity index (χ1v) is 8.51. The molecule has 0 fully saturated rings. The van der Waals surface area contributed by atoms with Gasteiger partial charge in [0, 0.05) is 17.8 Å². The molecule has 138 valence electrons. The highest BCUT2D eigenvalue weighted by Crippen LogP contribution is 2.19. The summed E-state index contributed by atoms with van der Waals surface area (Å²) in [5.41, 5.74) is -0.0400. The quantitative estimate of drug-likeness (QED) is 0.640. The molecule has 0 spiro atoms. The summed E-state index contributed by atoms with van der Waals surface area (Å²) in [6.07, 6.45) is -1.06. The number of hydrogen-bond acceptors (Lipinski definition) is 5. The van der Waals surface area contributed by atoms with E-state index >= 15 is 0 Å². The molecular weight excluding hydrogens is 370 g/mol. The average Bonchev–Trinajstić information content (AvgIpc) is 2.67. The van der Waals surface area contributed by atoms with E-state index in [-0.39, 0.29) is 11.1 Å². The van der Waals surface area contributed by atoms with Crippen molar-refractivity contribution in [1.82, 2.24) is 0 Å². The smallest absolute Gasteiger partial charge is 0.375 e. The third-order valence-corrected chi connectivity index (χ3v) is 4.27. The molecule has 3 aromatic rings. The molecule has 0 saturated heterocycles. The van der Waals surface area contributed by atoms with Crippen LogP contribution in [0, 0.1) is 0 Å². The minimum Gasteiger partial charge on any atom is -0.447 e. The van der Waals surface area contributed by atoms with Gasteiger partial charge in [-0.1, -0.05) is 35.9 Å². The molecule has 0 bridgehead atoms. The highest BCUT2D eigenvalue weighted by molar-refractivity contribution is 6.31. The topological polar surface area (TPSA) is 76.8 Å². The number of carbonyl (C=O) groups is 2. The zero-order chi connectivity index (χ0) is 19.6. The number of likely N-dealkylation sites (N-methyl/N-ethyl adjacent to an activating group) is 1. The minimum atomic E-state index is -1.06. The van der Waals surface area contributed by atoms with E-state index in [1.165, 1.54) is 24.0 Å². The number of amides is 1. The second kappa shape index (κ2) is 7.63. The number of esters is 1. The number of rotatable bonds is 4. The van der Waals surface area contributed by atoms with Gasteiger partial charge in [0.05, 0.1) is 5.39 Å². The van der Waals surface area contributed by atoms with Crippen molar-refractivity contribution in [3.05, 3.63) is 75.8 Å². The molecule has 0 aliphatic carbocycles. The van der Waals surface area contributed by atoms with E-state index in [1.54, 1.807) is 43.4 Å². The Balaban J connectivity index is 1.78. The molecular formula is C20H16ClNO5. The van der Waals surface area contributed by atoms with Crippen molar-refractivity contribution in [2.24, 2.45) is 0 Å². The lowest BCUT2D eigenvalue weighted by atomic mass is 10.1. The number of benzene rings is 2. The van der Waals surface area contributed by atoms with Crippen LogP contribution in [0.25, 0.3) is 10.8 Å². The molecule has 7 heteroatoms. The van der Waals surface area contributed by atoms with Gasteiger partial charge in [-0.3, -0.25) is 4.79 Å². The van der Waals surface area contributed by atoms with Crippen LogP contribution >= 0.6 is 11.6 Å². The summed E-state index contributed by atoms with van der Waals surface area (Å²) in [5, 5.41) is 1.13. The highest BCUT2D eigenvalue weighted by Gasteiger charge is 2.24. The van der Waals surface area contributed by atoms with Crippen LogP contribution in [0.1, 0.15) is 17.5 Å². The summed E-state index contributed by atoms with van der Waals surface area (Å²) < 4.78 is 10.2. The molecule has 3 rings (SSSR count). The summed E-state index contributed by atoms with van der Waals surface area (Å²) in [4.78, 5) is 38.2. The third kappa shape index (κ3) is 4.01. The van der Waals surface area contributed by atoms with Gasteiger partial charge >= 0.3 is 11.6 Å². The van der Waals surface area contributed by atoms with Gasteiger partial charge in [0.15, 0.2) is 6.10 Å². The number of para-hydroxylation sites is 1. The molecule has 0 aliphatic heterocycles. The van der Waals surface area contributed by atoms with E-state index in [0.717, 1.165) is 0 Å². The predicted molar refractivity (Wildman–Crippen MR) is 102 cm³/mol. The van der Waals surface area contributed by atoms with Crippen LogP contribution < -0.4 is 10.5 Å². The Bertz CT molecular complexity index is 1060. The van der Waals surface area contributed by atoms with E-state index in [1.807, 2.05) is 6.07 Å². The van der Waals surface area contributed by atoms with Crippen molar-refractivity contribution in [1.29, 1.82) is 0 Å². The second-order valence-electron chi connectivity index (χ2n) is 5.91. The largest absolute Gasteiger partial charge is 0.447 e. The normalized spacial score (nSPS) is 11.8. The molecule has 0 radical (unpaired) electrons. The first-order chi connectivity index (χ1) is 12.9. The zero-order valence-corrected chi connectivity index (χ0v) is 15.4. The van der Waals surface area contributed by atoms with Crippen molar-refractivity contribution >= 4 is 39.9 Å². The van der Waals surface area contributed by atoms with Crippen LogP contribution in [0.2, 0.25) is 5.02 Å². The monoisotopic (exact) mass is 385 g/mol. The molecule has 0 aliphatic rings. The Morgan fingerprint density at radius 2 is 1.81 bits per heavy atom. The highest BCUT2D eigenvalue weighted by atomic mass is 35.5. The summed E-state index contributed by atoms with van der Waals surface area (Å²) in [6, 6.07) is 15.0. The minimum absolute atomic E-state index is 0.256. The van der Waals surface area contributed by atoms with Crippen molar-refractivity contribution in [2.45, 2.75) is 13.0 Å². The second-order valence-corrected chi connectivity index (χ2v) is 6.35. The zero-order valence-electron chi connectivity index (χ0n) is 14.6. The van der Waals surface area contributed by atoms with Gasteiger partial charge in [0.25, 0.3) is 5.91 Å². The lowest BCUT2D eigenvalue weighted by Crippen LogP contribution is -2.37. The molecule has 2 aromatic carbocycles. The number of ether oxygens (including phenoxy) is 1. The van der Waals surface area contributed by atoms with E-state index in [4.69, 9.17) is 20.8 Å². The van der Waals surface area contributed by atoms with E-state index in [0.29, 0.717) is 16.1 Å². The standard InChI is InChI=1S/C20H16ClNO5/c1-12(18(23)22(2)15-6-4-3-5-7-15)26-20(25)17-10-13-8-9-14(21)11-16(13)19(24)27-17/h3-12H,1-2H3. The molecule has 1 heterocycles. The predicted octanol–water partition coefficient (Wildman–Crippen LogP) is 3.65. The molecule has 27 heavy (non-hydrogen) atoms. The van der Waals surface area contributed by atoms with Crippen molar-refractivity contribution in [2.75, 3.05) is 11.9 Å². The van der Waals surface area contributed by atoms with Gasteiger partial charge in [0.2, 0.25) is 5.76 Å². The number of fused-ring (bicyclic) bond motifs is 1. The molecule has 1 unspecified atom stereocenters. The lowest BCUT2D eigenvalue weighted by Gasteiger charge is -2.21. The molecule has 1 atom stereocenters. The number of halogens is 1. The third-order valence-electron chi connectivity index (χ3n) is 4.03. The molecule has 6 nitrogen and oxygen atoms in total. The van der Waals surface area contributed by atoms with Crippen LogP contribution in [0.4, 0.5) is 5.69 Å². The summed E-state index contributed by atoms with van der Waals surface area (Å²) in [7, 11) is 1.59. The average molecular weight is 386 g/mol. The van der Waals surface area contributed by atoms with Gasteiger partial charge in [-0.2, -0.15) is 0 Å². The number of carbonyl (C=O) groups excluding carboxylic acids is 2. The fraction of sp³-hybridized carbons (Fsp3) is 0.150. The van der Waals surface area contributed by atoms with Crippen LogP contribution in [-0.4, -0.2) is 25.0 Å². The molecule has 0 N–H and O–H groups in total. The van der Waals surface area contributed by atoms with Gasteiger partial charge in [0.1, 0.15) is 0 Å². The lowest BCUT2D eigenvalue weighted by molar-refractivity contribution is -0.126. The van der Waals surface area contributed by atoms with E-state index in [9.17, 15) is 14.4 Å². The van der Waals surface area contributed by atoms with Gasteiger partial charge in [-0.05, 0) is 42.6 Å². The van der Waals surface area contributed by atoms with E-state index in [2.05, 4.69) is 0 Å². The molecule has 1 aromatic heterocycles. The van der Waals surface area contributed by atoms with Crippen LogP contribution in [0.3, 0.4) is 0 Å². The van der Waals surface area contributed by atoms with Crippen LogP contribution in [-0.2, 0) is 9.53 Å².